The van der Waals surface area contributed by atoms with Gasteiger partial charge in [-0.05, 0) is 23.8 Å². The second-order valence-electron chi connectivity index (χ2n) is 3.75. The van der Waals surface area contributed by atoms with Crippen LogP contribution in [0.25, 0.3) is 0 Å². The fourth-order valence-corrected chi connectivity index (χ4v) is 1.63. The van der Waals surface area contributed by atoms with Crippen LogP contribution in [0, 0.1) is 0 Å². The molecule has 4 heteroatoms. The molecule has 0 spiro atoms. The number of carbonyl (C=O) groups is 1. The summed E-state index contributed by atoms with van der Waals surface area (Å²) in [4.78, 5) is 15.6. The van der Waals surface area contributed by atoms with Crippen LogP contribution < -0.4 is 5.32 Å². The predicted molar refractivity (Wildman–Crippen MR) is 69.3 cm³/mol. The molecular formula is C14H14N2O2. The molecule has 0 saturated heterocycles. The van der Waals surface area contributed by atoms with Gasteiger partial charge >= 0.3 is 5.97 Å². The number of pyridine rings is 1. The molecule has 0 fully saturated rings. The zero-order chi connectivity index (χ0) is 12.8. The molecule has 0 aliphatic carbocycles. The quantitative estimate of drug-likeness (QED) is 0.837. The van der Waals surface area contributed by atoms with Crippen molar-refractivity contribution in [1.82, 2.24) is 4.98 Å². The number of nitrogens with one attached hydrogen (secondary N) is 1. The highest BCUT2D eigenvalue weighted by Crippen LogP contribution is 2.16. The van der Waals surface area contributed by atoms with Gasteiger partial charge in [-0.25, -0.2) is 4.79 Å². The van der Waals surface area contributed by atoms with Crippen LogP contribution in [0.4, 0.5) is 5.69 Å². The van der Waals surface area contributed by atoms with Crippen molar-refractivity contribution in [1.29, 1.82) is 0 Å². The van der Waals surface area contributed by atoms with Crippen LogP contribution in [0.5, 0.6) is 0 Å². The van der Waals surface area contributed by atoms with Gasteiger partial charge in [0.2, 0.25) is 0 Å². The van der Waals surface area contributed by atoms with Crippen molar-refractivity contribution in [3.63, 3.8) is 0 Å². The Bertz CT molecular complexity index is 526. The lowest BCUT2D eigenvalue weighted by atomic mass is 10.1. The third-order valence-electron chi connectivity index (χ3n) is 2.54. The maximum atomic E-state index is 11.6. The van der Waals surface area contributed by atoms with Crippen molar-refractivity contribution >= 4 is 11.7 Å². The lowest BCUT2D eigenvalue weighted by Gasteiger charge is -2.10. The standard InChI is InChI=1S/C14H14N2O2/c1-18-14(17)12-6-2-3-7-13(12)16-10-11-5-4-8-15-9-11/h2-9,16H,10H2,1H3. The summed E-state index contributed by atoms with van der Waals surface area (Å²) >= 11 is 0. The molecule has 0 unspecified atom stereocenters. The Labute approximate surface area is 106 Å². The molecule has 0 atom stereocenters. The van der Waals surface area contributed by atoms with Crippen LogP contribution in [0.15, 0.2) is 48.8 Å². The highest BCUT2D eigenvalue weighted by atomic mass is 16.5. The number of rotatable bonds is 4. The number of anilines is 1. The molecule has 92 valence electrons. The third-order valence-corrected chi connectivity index (χ3v) is 2.54. The van der Waals surface area contributed by atoms with Crippen LogP contribution in [-0.2, 0) is 11.3 Å². The van der Waals surface area contributed by atoms with Gasteiger partial charge in [0.25, 0.3) is 0 Å². The first-order valence-corrected chi connectivity index (χ1v) is 5.61. The van der Waals surface area contributed by atoms with E-state index in [1.54, 1.807) is 18.5 Å². The smallest absolute Gasteiger partial charge is 0.339 e. The summed E-state index contributed by atoms with van der Waals surface area (Å²) in [5.41, 5.74) is 2.34. The van der Waals surface area contributed by atoms with Gasteiger partial charge in [-0.1, -0.05) is 18.2 Å². The lowest BCUT2D eigenvalue weighted by molar-refractivity contribution is 0.0602. The maximum absolute atomic E-state index is 11.6. The summed E-state index contributed by atoms with van der Waals surface area (Å²) in [5, 5.41) is 3.20. The van der Waals surface area contributed by atoms with Crippen LogP contribution in [0.2, 0.25) is 0 Å². The molecule has 0 radical (unpaired) electrons. The van der Waals surface area contributed by atoms with Crippen molar-refractivity contribution in [2.45, 2.75) is 6.54 Å². The minimum absolute atomic E-state index is 0.343. The number of carbonyl (C=O) groups excluding carboxylic acids is 1. The first kappa shape index (κ1) is 12.1. The average molecular weight is 242 g/mol. The molecule has 0 bridgehead atoms. The van der Waals surface area contributed by atoms with Crippen LogP contribution in [-0.4, -0.2) is 18.1 Å². The molecule has 0 saturated carbocycles. The van der Waals surface area contributed by atoms with Gasteiger partial charge in [-0.3, -0.25) is 4.98 Å². The normalized spacial score (nSPS) is 9.83. The Kier molecular flexibility index (Phi) is 3.91. The first-order valence-electron chi connectivity index (χ1n) is 5.61. The largest absolute Gasteiger partial charge is 0.465 e. The Morgan fingerprint density at radius 1 is 1.28 bits per heavy atom. The number of aromatic nitrogens is 1. The summed E-state index contributed by atoms with van der Waals surface area (Å²) in [7, 11) is 1.38. The van der Waals surface area contributed by atoms with E-state index in [-0.39, 0.29) is 5.97 Å². The zero-order valence-corrected chi connectivity index (χ0v) is 10.1. The van der Waals surface area contributed by atoms with E-state index >= 15 is 0 Å². The molecule has 2 rings (SSSR count). The van der Waals surface area contributed by atoms with Gasteiger partial charge in [0.1, 0.15) is 0 Å². The second-order valence-corrected chi connectivity index (χ2v) is 3.75. The summed E-state index contributed by atoms with van der Waals surface area (Å²) in [5.74, 6) is -0.343. The summed E-state index contributed by atoms with van der Waals surface area (Å²) in [6, 6.07) is 11.1. The van der Waals surface area contributed by atoms with E-state index in [0.29, 0.717) is 12.1 Å². The number of para-hydroxylation sites is 1. The van der Waals surface area contributed by atoms with Gasteiger partial charge in [0.05, 0.1) is 12.7 Å². The van der Waals surface area contributed by atoms with Gasteiger partial charge in [-0.15, -0.1) is 0 Å². The summed E-state index contributed by atoms with van der Waals surface area (Å²) < 4.78 is 4.74. The van der Waals surface area contributed by atoms with Gasteiger partial charge in [0.15, 0.2) is 0 Å². The second kappa shape index (κ2) is 5.82. The summed E-state index contributed by atoms with van der Waals surface area (Å²) in [6.07, 6.45) is 3.51. The minimum atomic E-state index is -0.343. The van der Waals surface area contributed by atoms with Crippen LogP contribution in [0.3, 0.4) is 0 Å². The molecule has 1 aromatic carbocycles. The molecule has 4 nitrogen and oxygen atoms in total. The molecule has 2 aromatic rings. The number of benzene rings is 1. The zero-order valence-electron chi connectivity index (χ0n) is 10.1. The number of esters is 1. The van der Waals surface area contributed by atoms with Crippen molar-refractivity contribution in [3.05, 3.63) is 59.9 Å². The molecule has 0 amide bonds. The molecular weight excluding hydrogens is 228 g/mol. The fourth-order valence-electron chi connectivity index (χ4n) is 1.63. The number of nitrogens with zero attached hydrogens (tertiary/aromatic N) is 1. The number of ether oxygens (including phenoxy) is 1. The highest BCUT2D eigenvalue weighted by molar-refractivity contribution is 5.95. The third kappa shape index (κ3) is 2.85. The van der Waals surface area contributed by atoms with Gasteiger partial charge in [-0.2, -0.15) is 0 Å². The molecule has 1 aromatic heterocycles. The topological polar surface area (TPSA) is 51.2 Å². The minimum Gasteiger partial charge on any atom is -0.465 e. The van der Waals surface area contributed by atoms with Crippen molar-refractivity contribution in [3.8, 4) is 0 Å². The lowest BCUT2D eigenvalue weighted by Crippen LogP contribution is -2.08. The first-order chi connectivity index (χ1) is 8.81. The van der Waals surface area contributed by atoms with E-state index in [2.05, 4.69) is 10.3 Å². The highest BCUT2D eigenvalue weighted by Gasteiger charge is 2.10. The molecule has 0 aliphatic rings. The van der Waals surface area contributed by atoms with E-state index in [1.165, 1.54) is 7.11 Å². The Morgan fingerprint density at radius 2 is 2.11 bits per heavy atom. The summed E-state index contributed by atoms with van der Waals surface area (Å²) in [6.45, 7) is 0.613. The van der Waals surface area contributed by atoms with Crippen molar-refractivity contribution < 1.29 is 9.53 Å². The van der Waals surface area contributed by atoms with E-state index in [9.17, 15) is 4.79 Å². The fraction of sp³-hybridized carbons (Fsp3) is 0.143. The van der Waals surface area contributed by atoms with Crippen LogP contribution >= 0.6 is 0 Å². The van der Waals surface area contributed by atoms with E-state index < -0.39 is 0 Å². The number of hydrogen-bond donors (Lipinski definition) is 1. The van der Waals surface area contributed by atoms with Gasteiger partial charge < -0.3 is 10.1 Å². The van der Waals surface area contributed by atoms with E-state index in [4.69, 9.17) is 4.74 Å². The van der Waals surface area contributed by atoms with Crippen molar-refractivity contribution in [2.24, 2.45) is 0 Å². The van der Waals surface area contributed by atoms with Crippen LogP contribution in [0.1, 0.15) is 15.9 Å². The molecule has 18 heavy (non-hydrogen) atoms. The molecule has 1 N–H and O–H groups in total. The van der Waals surface area contributed by atoms with Gasteiger partial charge in [0, 0.05) is 24.6 Å². The molecule has 0 aliphatic heterocycles. The molecule has 1 heterocycles. The Balaban J connectivity index is 2.12. The SMILES string of the molecule is COC(=O)c1ccccc1NCc1cccnc1. The number of hydrogen-bond acceptors (Lipinski definition) is 4. The predicted octanol–water partition coefficient (Wildman–Crippen LogP) is 2.48. The van der Waals surface area contributed by atoms with Crippen molar-refractivity contribution in [2.75, 3.05) is 12.4 Å². The maximum Gasteiger partial charge on any atom is 0.339 e. The van der Waals surface area contributed by atoms with E-state index in [0.717, 1.165) is 11.3 Å². The monoisotopic (exact) mass is 242 g/mol. The number of methoxy groups -OCH3 is 1. The van der Waals surface area contributed by atoms with E-state index in [1.807, 2.05) is 30.3 Å². The Morgan fingerprint density at radius 3 is 2.83 bits per heavy atom. The Hall–Kier alpha value is -2.36. The average Bonchev–Trinajstić information content (AvgIpc) is 2.45.